The molecular formula is C16H15F3N4O. The van der Waals surface area contributed by atoms with E-state index in [1.54, 1.807) is 31.2 Å². The molecule has 0 saturated heterocycles. The lowest BCUT2D eigenvalue weighted by Crippen LogP contribution is -2.31. The molecule has 0 saturated carbocycles. The van der Waals surface area contributed by atoms with Crippen LogP contribution in [0.25, 0.3) is 5.52 Å². The number of nitrogens with zero attached hydrogens (tertiary/aromatic N) is 3. The Morgan fingerprint density at radius 3 is 2.58 bits per heavy atom. The number of halogens is 3. The number of benzene rings is 1. The molecule has 0 aliphatic rings. The smallest absolute Gasteiger partial charge is 0.384 e. The highest BCUT2D eigenvalue weighted by molar-refractivity contribution is 5.68. The molecule has 2 N–H and O–H groups in total. The van der Waals surface area contributed by atoms with Gasteiger partial charge >= 0.3 is 6.18 Å². The monoisotopic (exact) mass is 336 g/mol. The second-order valence-electron chi connectivity index (χ2n) is 5.63. The molecule has 1 aromatic carbocycles. The summed E-state index contributed by atoms with van der Waals surface area (Å²) in [5.74, 6) is 0.219. The summed E-state index contributed by atoms with van der Waals surface area (Å²) in [5, 5.41) is 17.0. The van der Waals surface area contributed by atoms with Gasteiger partial charge in [0.25, 0.3) is 0 Å². The van der Waals surface area contributed by atoms with Crippen LogP contribution in [0, 0.1) is 0 Å². The molecule has 126 valence electrons. The molecule has 5 nitrogen and oxygen atoms in total. The Hall–Kier alpha value is -2.61. The Kier molecular flexibility index (Phi) is 3.92. The number of anilines is 1. The highest BCUT2D eigenvalue weighted by Crippen LogP contribution is 2.30. The summed E-state index contributed by atoms with van der Waals surface area (Å²) >= 11 is 0. The maximum atomic E-state index is 12.8. The maximum Gasteiger partial charge on any atom is 0.435 e. The van der Waals surface area contributed by atoms with Crippen LogP contribution in [0.5, 0.6) is 0 Å². The minimum absolute atomic E-state index is 0.0796. The van der Waals surface area contributed by atoms with Gasteiger partial charge in [-0.15, -0.1) is 0 Å². The van der Waals surface area contributed by atoms with Gasteiger partial charge in [-0.2, -0.15) is 18.3 Å². The molecule has 0 amide bonds. The van der Waals surface area contributed by atoms with Crippen LogP contribution >= 0.6 is 0 Å². The predicted molar refractivity (Wildman–Crippen MR) is 82.5 cm³/mol. The first-order valence-electron chi connectivity index (χ1n) is 7.21. The van der Waals surface area contributed by atoms with Crippen molar-refractivity contribution in [3.05, 3.63) is 60.0 Å². The normalized spacial score (nSPS) is 14.5. The van der Waals surface area contributed by atoms with Gasteiger partial charge in [-0.25, -0.2) is 9.50 Å². The summed E-state index contributed by atoms with van der Waals surface area (Å²) in [6.07, 6.45) is -1.84. The summed E-state index contributed by atoms with van der Waals surface area (Å²) in [6.45, 7) is 1.70. The first kappa shape index (κ1) is 16.3. The lowest BCUT2D eigenvalue weighted by molar-refractivity contribution is -0.141. The van der Waals surface area contributed by atoms with Crippen LogP contribution < -0.4 is 5.32 Å². The van der Waals surface area contributed by atoms with Gasteiger partial charge in [0, 0.05) is 25.0 Å². The van der Waals surface area contributed by atoms with Crippen molar-refractivity contribution in [2.24, 2.45) is 0 Å². The third-order valence-corrected chi connectivity index (χ3v) is 3.68. The van der Waals surface area contributed by atoms with Crippen molar-refractivity contribution in [3.63, 3.8) is 0 Å². The van der Waals surface area contributed by atoms with Crippen LogP contribution in [0.3, 0.4) is 0 Å². The van der Waals surface area contributed by atoms with Crippen molar-refractivity contribution in [1.82, 2.24) is 14.6 Å². The average molecular weight is 336 g/mol. The van der Waals surface area contributed by atoms with E-state index in [1.165, 1.54) is 12.4 Å². The molecule has 0 fully saturated rings. The van der Waals surface area contributed by atoms with E-state index in [9.17, 15) is 18.3 Å². The predicted octanol–water partition coefficient (Wildman–Crippen LogP) is 3.07. The van der Waals surface area contributed by atoms with E-state index in [0.29, 0.717) is 5.56 Å². The molecule has 2 aromatic heterocycles. The number of fused-ring (bicyclic) bond motifs is 1. The molecule has 1 atom stereocenters. The summed E-state index contributed by atoms with van der Waals surface area (Å²) in [4.78, 5) is 4.05. The topological polar surface area (TPSA) is 62.5 Å². The summed E-state index contributed by atoms with van der Waals surface area (Å²) in [6, 6.07) is 9.91. The quantitative estimate of drug-likeness (QED) is 0.769. The van der Waals surface area contributed by atoms with E-state index in [1.807, 2.05) is 6.07 Å². The maximum absolute atomic E-state index is 12.8. The zero-order valence-corrected chi connectivity index (χ0v) is 12.7. The fourth-order valence-electron chi connectivity index (χ4n) is 2.35. The summed E-state index contributed by atoms with van der Waals surface area (Å²) in [5.41, 5.74) is -1.32. The number of aliphatic hydroxyl groups is 1. The SMILES string of the molecule is CC(O)(CNc1nccn2nc(C(F)(F)F)cc12)c1ccccc1. The van der Waals surface area contributed by atoms with Crippen LogP contribution in [0.2, 0.25) is 0 Å². The molecule has 8 heteroatoms. The molecule has 0 spiro atoms. The number of aromatic nitrogens is 3. The van der Waals surface area contributed by atoms with Gasteiger partial charge in [0.15, 0.2) is 11.5 Å². The number of hydrogen-bond donors (Lipinski definition) is 2. The molecule has 0 bridgehead atoms. The minimum atomic E-state index is -4.53. The van der Waals surface area contributed by atoms with Gasteiger partial charge in [0.2, 0.25) is 0 Å². The van der Waals surface area contributed by atoms with Crippen molar-refractivity contribution in [1.29, 1.82) is 0 Å². The minimum Gasteiger partial charge on any atom is -0.384 e. The molecule has 3 rings (SSSR count). The van der Waals surface area contributed by atoms with Gasteiger partial charge in [0.1, 0.15) is 11.1 Å². The Labute approximate surface area is 135 Å². The van der Waals surface area contributed by atoms with Gasteiger partial charge < -0.3 is 10.4 Å². The Morgan fingerprint density at radius 1 is 1.21 bits per heavy atom. The van der Waals surface area contributed by atoms with Crippen LogP contribution in [-0.2, 0) is 11.8 Å². The van der Waals surface area contributed by atoms with E-state index in [-0.39, 0.29) is 17.9 Å². The summed E-state index contributed by atoms with van der Waals surface area (Å²) < 4.78 is 39.5. The first-order chi connectivity index (χ1) is 11.3. The van der Waals surface area contributed by atoms with Crippen molar-refractivity contribution >= 4 is 11.3 Å². The highest BCUT2D eigenvalue weighted by Gasteiger charge is 2.34. The van der Waals surface area contributed by atoms with Crippen LogP contribution in [0.15, 0.2) is 48.8 Å². The molecule has 0 radical (unpaired) electrons. The lowest BCUT2D eigenvalue weighted by atomic mass is 9.96. The molecule has 0 aliphatic heterocycles. The van der Waals surface area contributed by atoms with Crippen LogP contribution in [-0.4, -0.2) is 26.2 Å². The van der Waals surface area contributed by atoms with Crippen molar-refractivity contribution in [2.75, 3.05) is 11.9 Å². The van der Waals surface area contributed by atoms with E-state index in [0.717, 1.165) is 10.6 Å². The van der Waals surface area contributed by atoms with Crippen molar-refractivity contribution in [3.8, 4) is 0 Å². The standard InChI is InChI=1S/C16H15F3N4O/c1-15(24,11-5-3-2-4-6-11)10-21-14-12-9-13(16(17,18)19)22-23(12)8-7-20-14/h2-9,24H,10H2,1H3,(H,20,21). The largest absolute Gasteiger partial charge is 0.435 e. The van der Waals surface area contributed by atoms with Crippen LogP contribution in [0.1, 0.15) is 18.2 Å². The van der Waals surface area contributed by atoms with Crippen molar-refractivity contribution < 1.29 is 18.3 Å². The molecule has 24 heavy (non-hydrogen) atoms. The average Bonchev–Trinajstić information content (AvgIpc) is 2.99. The zero-order chi connectivity index (χ0) is 17.4. The van der Waals surface area contributed by atoms with E-state index in [2.05, 4.69) is 15.4 Å². The number of rotatable bonds is 4. The third-order valence-electron chi connectivity index (χ3n) is 3.68. The second kappa shape index (κ2) is 5.79. The Bertz CT molecular complexity index is 843. The number of nitrogens with one attached hydrogen (secondary N) is 1. The molecule has 2 heterocycles. The zero-order valence-electron chi connectivity index (χ0n) is 12.7. The molecular weight excluding hydrogens is 321 g/mol. The van der Waals surface area contributed by atoms with Crippen LogP contribution in [0.4, 0.5) is 19.0 Å². The molecule has 3 aromatic rings. The van der Waals surface area contributed by atoms with Gasteiger partial charge in [-0.05, 0) is 12.5 Å². The molecule has 1 unspecified atom stereocenters. The Morgan fingerprint density at radius 2 is 1.92 bits per heavy atom. The van der Waals surface area contributed by atoms with Gasteiger partial charge in [-0.1, -0.05) is 30.3 Å². The fourth-order valence-corrected chi connectivity index (χ4v) is 2.35. The third kappa shape index (κ3) is 3.18. The number of hydrogen-bond acceptors (Lipinski definition) is 4. The van der Waals surface area contributed by atoms with Crippen molar-refractivity contribution in [2.45, 2.75) is 18.7 Å². The second-order valence-corrected chi connectivity index (χ2v) is 5.63. The highest BCUT2D eigenvalue weighted by atomic mass is 19.4. The fraction of sp³-hybridized carbons (Fsp3) is 0.250. The summed E-state index contributed by atoms with van der Waals surface area (Å²) in [7, 11) is 0. The van der Waals surface area contributed by atoms with E-state index < -0.39 is 17.5 Å². The number of alkyl halides is 3. The first-order valence-corrected chi connectivity index (χ1v) is 7.21. The lowest BCUT2D eigenvalue weighted by Gasteiger charge is -2.24. The Balaban J connectivity index is 1.87. The van der Waals surface area contributed by atoms with Gasteiger partial charge in [-0.3, -0.25) is 0 Å². The molecule has 0 aliphatic carbocycles. The van der Waals surface area contributed by atoms with Gasteiger partial charge in [0.05, 0.1) is 0 Å². The van der Waals surface area contributed by atoms with E-state index >= 15 is 0 Å². The van der Waals surface area contributed by atoms with E-state index in [4.69, 9.17) is 0 Å².